The number of rotatable bonds is 4. The molecule has 0 saturated carbocycles. The second-order valence-electron chi connectivity index (χ2n) is 7.63. The molecule has 2 fully saturated rings. The van der Waals surface area contributed by atoms with E-state index >= 15 is 0 Å². The summed E-state index contributed by atoms with van der Waals surface area (Å²) >= 11 is 0. The van der Waals surface area contributed by atoms with Crippen LogP contribution >= 0.6 is 0 Å². The number of fused-ring (bicyclic) bond motifs is 2. The first-order valence-corrected chi connectivity index (χ1v) is 9.81. The van der Waals surface area contributed by atoms with Crippen molar-refractivity contribution in [2.45, 2.75) is 44.2 Å². The number of aromatic nitrogens is 2. The molecule has 0 spiro atoms. The SMILES string of the molecule is CN1C2CCCC1CN(c1ccc(NC(=O)Cc3cccnc3)nc1)CC2. The Morgan fingerprint density at radius 1 is 1.19 bits per heavy atom. The standard InChI is InChI=1S/C21H27N5O/c1-25-17-5-2-6-19(25)15-26(11-9-17)18-7-8-20(23-14-18)24-21(27)12-16-4-3-10-22-13-16/h3-4,7-8,10,13-14,17,19H,2,5-6,9,11-12,15H2,1H3,(H,23,24,27). The maximum atomic E-state index is 12.2. The zero-order valence-corrected chi connectivity index (χ0v) is 15.8. The fourth-order valence-electron chi connectivity index (χ4n) is 4.27. The van der Waals surface area contributed by atoms with Gasteiger partial charge in [-0.15, -0.1) is 0 Å². The summed E-state index contributed by atoms with van der Waals surface area (Å²) in [6.45, 7) is 2.13. The Kier molecular flexibility index (Phi) is 5.34. The Morgan fingerprint density at radius 2 is 2.07 bits per heavy atom. The number of carbonyl (C=O) groups excluding carboxylic acids is 1. The van der Waals surface area contributed by atoms with Gasteiger partial charge in [-0.05, 0) is 50.1 Å². The third kappa shape index (κ3) is 4.27. The van der Waals surface area contributed by atoms with Crippen LogP contribution in [0.25, 0.3) is 0 Å². The van der Waals surface area contributed by atoms with Crippen LogP contribution in [0, 0.1) is 0 Å². The van der Waals surface area contributed by atoms with Gasteiger partial charge in [-0.25, -0.2) is 4.98 Å². The lowest BCUT2D eigenvalue weighted by atomic mass is 9.96. The highest BCUT2D eigenvalue weighted by Crippen LogP contribution is 2.29. The highest BCUT2D eigenvalue weighted by molar-refractivity contribution is 5.91. The molecule has 2 aliphatic heterocycles. The molecule has 1 amide bonds. The third-order valence-corrected chi connectivity index (χ3v) is 5.86. The van der Waals surface area contributed by atoms with Gasteiger partial charge in [0.05, 0.1) is 18.3 Å². The number of nitrogens with zero attached hydrogens (tertiary/aromatic N) is 4. The van der Waals surface area contributed by atoms with Crippen molar-refractivity contribution in [2.24, 2.45) is 0 Å². The van der Waals surface area contributed by atoms with Gasteiger partial charge >= 0.3 is 0 Å². The van der Waals surface area contributed by atoms with Crippen molar-refractivity contribution >= 4 is 17.4 Å². The Labute approximate surface area is 160 Å². The van der Waals surface area contributed by atoms with E-state index < -0.39 is 0 Å². The predicted octanol–water partition coefficient (Wildman–Crippen LogP) is 2.72. The Bertz CT molecular complexity index is 764. The van der Waals surface area contributed by atoms with Crippen molar-refractivity contribution in [3.8, 4) is 0 Å². The monoisotopic (exact) mass is 365 g/mol. The minimum absolute atomic E-state index is 0.0755. The van der Waals surface area contributed by atoms with E-state index in [4.69, 9.17) is 0 Å². The molecule has 0 aliphatic carbocycles. The molecule has 0 radical (unpaired) electrons. The summed E-state index contributed by atoms with van der Waals surface area (Å²) in [5, 5.41) is 2.87. The van der Waals surface area contributed by atoms with E-state index in [1.54, 1.807) is 12.4 Å². The van der Waals surface area contributed by atoms with Crippen LogP contribution in [-0.4, -0.2) is 53.0 Å². The fourth-order valence-corrected chi connectivity index (χ4v) is 4.27. The normalized spacial score (nSPS) is 22.9. The molecular weight excluding hydrogens is 338 g/mol. The number of hydrogen-bond acceptors (Lipinski definition) is 5. The Morgan fingerprint density at radius 3 is 2.85 bits per heavy atom. The lowest BCUT2D eigenvalue weighted by Gasteiger charge is -2.37. The number of anilines is 2. The van der Waals surface area contributed by atoms with Gasteiger partial charge in [-0.3, -0.25) is 14.7 Å². The molecule has 4 heterocycles. The highest BCUT2D eigenvalue weighted by Gasteiger charge is 2.32. The lowest BCUT2D eigenvalue weighted by molar-refractivity contribution is -0.115. The molecule has 2 saturated heterocycles. The highest BCUT2D eigenvalue weighted by atomic mass is 16.1. The molecule has 6 nitrogen and oxygen atoms in total. The van der Waals surface area contributed by atoms with E-state index in [0.29, 0.717) is 24.3 Å². The maximum Gasteiger partial charge on any atom is 0.230 e. The van der Waals surface area contributed by atoms with Gasteiger partial charge in [0.25, 0.3) is 0 Å². The molecule has 2 atom stereocenters. The quantitative estimate of drug-likeness (QED) is 0.903. The first-order chi connectivity index (χ1) is 13.2. The van der Waals surface area contributed by atoms with Crippen LogP contribution in [0.4, 0.5) is 11.5 Å². The summed E-state index contributed by atoms with van der Waals surface area (Å²) in [7, 11) is 2.27. The predicted molar refractivity (Wildman–Crippen MR) is 107 cm³/mol. The average molecular weight is 365 g/mol. The van der Waals surface area contributed by atoms with E-state index in [0.717, 1.165) is 24.3 Å². The van der Waals surface area contributed by atoms with Gasteiger partial charge in [-0.1, -0.05) is 12.5 Å². The lowest BCUT2D eigenvalue weighted by Crippen LogP contribution is -2.45. The van der Waals surface area contributed by atoms with E-state index in [2.05, 4.69) is 38.2 Å². The van der Waals surface area contributed by atoms with Crippen LogP contribution in [0.15, 0.2) is 42.9 Å². The van der Waals surface area contributed by atoms with Crippen LogP contribution in [0.5, 0.6) is 0 Å². The van der Waals surface area contributed by atoms with Crippen molar-refractivity contribution in [3.05, 3.63) is 48.4 Å². The number of likely N-dealkylation sites (N-methyl/N-ethyl adjacent to an activating group) is 1. The maximum absolute atomic E-state index is 12.2. The van der Waals surface area contributed by atoms with Gasteiger partial charge in [0.15, 0.2) is 0 Å². The molecule has 27 heavy (non-hydrogen) atoms. The summed E-state index contributed by atoms with van der Waals surface area (Å²) in [4.78, 5) is 25.7. The molecular formula is C21H27N5O. The van der Waals surface area contributed by atoms with Gasteiger partial charge < -0.3 is 10.2 Å². The molecule has 2 bridgehead atoms. The van der Waals surface area contributed by atoms with Gasteiger partial charge in [0.2, 0.25) is 5.91 Å². The van der Waals surface area contributed by atoms with Crippen LogP contribution in [0.2, 0.25) is 0 Å². The molecule has 6 heteroatoms. The van der Waals surface area contributed by atoms with Crippen LogP contribution < -0.4 is 10.2 Å². The summed E-state index contributed by atoms with van der Waals surface area (Å²) in [5.74, 6) is 0.520. The number of amides is 1. The number of nitrogens with one attached hydrogen (secondary N) is 1. The zero-order chi connectivity index (χ0) is 18.6. The third-order valence-electron chi connectivity index (χ3n) is 5.86. The topological polar surface area (TPSA) is 61.4 Å². The summed E-state index contributed by atoms with van der Waals surface area (Å²) < 4.78 is 0. The average Bonchev–Trinajstić information content (AvgIpc) is 2.77. The largest absolute Gasteiger partial charge is 0.369 e. The van der Waals surface area contributed by atoms with Crippen LogP contribution in [-0.2, 0) is 11.2 Å². The van der Waals surface area contributed by atoms with Crippen LogP contribution in [0.1, 0.15) is 31.2 Å². The Hall–Kier alpha value is -2.47. The molecule has 2 unspecified atom stereocenters. The smallest absolute Gasteiger partial charge is 0.230 e. The van der Waals surface area contributed by atoms with Crippen molar-refractivity contribution in [3.63, 3.8) is 0 Å². The van der Waals surface area contributed by atoms with E-state index in [1.165, 1.54) is 25.7 Å². The molecule has 1 N–H and O–H groups in total. The molecule has 142 valence electrons. The number of piperidine rings is 1. The molecule has 2 aromatic heterocycles. The molecule has 0 aromatic carbocycles. The van der Waals surface area contributed by atoms with Gasteiger partial charge in [0, 0.05) is 37.6 Å². The van der Waals surface area contributed by atoms with E-state index in [1.807, 2.05) is 24.4 Å². The van der Waals surface area contributed by atoms with Crippen LogP contribution in [0.3, 0.4) is 0 Å². The summed E-state index contributed by atoms with van der Waals surface area (Å²) in [5.41, 5.74) is 2.03. The molecule has 2 aliphatic rings. The zero-order valence-electron chi connectivity index (χ0n) is 15.8. The van der Waals surface area contributed by atoms with Crippen molar-refractivity contribution in [2.75, 3.05) is 30.4 Å². The number of hydrogen-bond donors (Lipinski definition) is 1. The second kappa shape index (κ2) is 8.05. The van der Waals surface area contributed by atoms with Crippen molar-refractivity contribution in [1.29, 1.82) is 0 Å². The number of pyridine rings is 2. The number of carbonyl (C=O) groups is 1. The van der Waals surface area contributed by atoms with Gasteiger partial charge in [-0.2, -0.15) is 0 Å². The Balaban J connectivity index is 1.38. The first kappa shape index (κ1) is 17.9. The first-order valence-electron chi connectivity index (χ1n) is 9.81. The van der Waals surface area contributed by atoms with E-state index in [9.17, 15) is 4.79 Å². The summed E-state index contributed by atoms with van der Waals surface area (Å²) in [6, 6.07) is 9.05. The van der Waals surface area contributed by atoms with Crippen molar-refractivity contribution in [1.82, 2.24) is 14.9 Å². The minimum Gasteiger partial charge on any atom is -0.369 e. The van der Waals surface area contributed by atoms with Gasteiger partial charge in [0.1, 0.15) is 5.82 Å². The summed E-state index contributed by atoms with van der Waals surface area (Å²) in [6.07, 6.45) is 10.7. The second-order valence-corrected chi connectivity index (χ2v) is 7.63. The minimum atomic E-state index is -0.0755. The van der Waals surface area contributed by atoms with E-state index in [-0.39, 0.29) is 5.91 Å². The van der Waals surface area contributed by atoms with Crippen molar-refractivity contribution < 1.29 is 4.79 Å². The molecule has 4 rings (SSSR count). The molecule has 2 aromatic rings. The fraction of sp³-hybridized carbons (Fsp3) is 0.476.